The van der Waals surface area contributed by atoms with Crippen LogP contribution in [0.4, 0.5) is 4.79 Å². The van der Waals surface area contributed by atoms with Crippen molar-refractivity contribution in [1.82, 2.24) is 10.6 Å². The quantitative estimate of drug-likeness (QED) is 0.418. The first-order chi connectivity index (χ1) is 6.66. The van der Waals surface area contributed by atoms with Crippen LogP contribution in [0.5, 0.6) is 0 Å². The Labute approximate surface area is 83.2 Å². The molecular weight excluding hydrogens is 184 g/mol. The van der Waals surface area contributed by atoms with Crippen molar-refractivity contribution in [2.45, 2.75) is 19.3 Å². The summed E-state index contributed by atoms with van der Waals surface area (Å²) in [6.07, 6.45) is 3.43. The molecule has 0 aliphatic heterocycles. The van der Waals surface area contributed by atoms with Gasteiger partial charge in [-0.25, -0.2) is 4.79 Å². The smallest absolute Gasteiger partial charge is 0.314 e. The number of hydrogen-bond donors (Lipinski definition) is 3. The van der Waals surface area contributed by atoms with E-state index < -0.39 is 5.97 Å². The van der Waals surface area contributed by atoms with Crippen LogP contribution in [0.1, 0.15) is 19.3 Å². The maximum absolute atomic E-state index is 10.9. The molecule has 0 radical (unpaired) electrons. The van der Waals surface area contributed by atoms with Crippen LogP contribution >= 0.6 is 0 Å². The zero-order chi connectivity index (χ0) is 10.8. The fraction of sp³-hybridized carbons (Fsp3) is 0.556. The topological polar surface area (TPSA) is 78.4 Å². The highest BCUT2D eigenvalue weighted by molar-refractivity contribution is 5.74. The molecule has 0 aromatic carbocycles. The molecule has 5 nitrogen and oxygen atoms in total. The van der Waals surface area contributed by atoms with Gasteiger partial charge in [0.15, 0.2) is 0 Å². The van der Waals surface area contributed by atoms with Gasteiger partial charge in [-0.05, 0) is 12.8 Å². The van der Waals surface area contributed by atoms with Gasteiger partial charge in [-0.2, -0.15) is 0 Å². The van der Waals surface area contributed by atoms with Crippen molar-refractivity contribution in [1.29, 1.82) is 0 Å². The van der Waals surface area contributed by atoms with E-state index in [2.05, 4.69) is 17.2 Å². The lowest BCUT2D eigenvalue weighted by Gasteiger charge is -2.05. The van der Waals surface area contributed by atoms with Gasteiger partial charge in [0.05, 0.1) is 6.42 Å². The van der Waals surface area contributed by atoms with E-state index in [1.165, 1.54) is 0 Å². The minimum Gasteiger partial charge on any atom is -0.481 e. The third kappa shape index (κ3) is 8.58. The average Bonchev–Trinajstić information content (AvgIpc) is 2.12. The summed E-state index contributed by atoms with van der Waals surface area (Å²) in [6.45, 7) is 4.28. The second-order valence-electron chi connectivity index (χ2n) is 2.76. The molecule has 0 aliphatic carbocycles. The largest absolute Gasteiger partial charge is 0.481 e. The van der Waals surface area contributed by atoms with Gasteiger partial charge >= 0.3 is 12.0 Å². The number of carboxylic acids is 1. The summed E-state index contributed by atoms with van der Waals surface area (Å²) in [6, 6.07) is -0.324. The van der Waals surface area contributed by atoms with Crippen molar-refractivity contribution in [3.05, 3.63) is 12.7 Å². The lowest BCUT2D eigenvalue weighted by atomic mass is 10.3. The van der Waals surface area contributed by atoms with Crippen molar-refractivity contribution in [2.75, 3.05) is 13.1 Å². The Morgan fingerprint density at radius 1 is 1.29 bits per heavy atom. The Hall–Kier alpha value is -1.52. The van der Waals surface area contributed by atoms with E-state index in [0.717, 1.165) is 12.8 Å². The molecule has 0 heterocycles. The Bertz CT molecular complexity index is 204. The average molecular weight is 200 g/mol. The first-order valence-corrected chi connectivity index (χ1v) is 4.51. The summed E-state index contributed by atoms with van der Waals surface area (Å²) in [5, 5.41) is 13.3. The minimum absolute atomic E-state index is 0.0555. The first-order valence-electron chi connectivity index (χ1n) is 4.51. The number of amides is 2. The van der Waals surface area contributed by atoms with Crippen molar-refractivity contribution < 1.29 is 14.7 Å². The Kier molecular flexibility index (Phi) is 7.22. The zero-order valence-corrected chi connectivity index (χ0v) is 8.08. The molecule has 0 aromatic rings. The van der Waals surface area contributed by atoms with Gasteiger partial charge in [-0.1, -0.05) is 6.08 Å². The number of urea groups is 1. The van der Waals surface area contributed by atoms with E-state index in [9.17, 15) is 9.59 Å². The molecule has 0 saturated heterocycles. The molecule has 80 valence electrons. The fourth-order valence-electron chi connectivity index (χ4n) is 0.794. The number of rotatable bonds is 7. The number of carboxylic acid groups (broad SMARTS) is 1. The summed E-state index contributed by atoms with van der Waals surface area (Å²) in [7, 11) is 0. The minimum atomic E-state index is -0.919. The maximum atomic E-state index is 10.9. The number of aliphatic carboxylic acids is 1. The van der Waals surface area contributed by atoms with Gasteiger partial charge in [0.2, 0.25) is 0 Å². The highest BCUT2D eigenvalue weighted by Gasteiger charge is 2.00. The van der Waals surface area contributed by atoms with Crippen molar-refractivity contribution >= 4 is 12.0 Å². The van der Waals surface area contributed by atoms with E-state index in [-0.39, 0.29) is 19.0 Å². The Morgan fingerprint density at radius 3 is 2.50 bits per heavy atom. The molecule has 0 saturated carbocycles. The standard InChI is InChI=1S/C9H16N2O3/c1-2-3-4-6-10-9(14)11-7-5-8(12)13/h2H,1,3-7H2,(H,12,13)(H2,10,11,14). The molecule has 0 rings (SSSR count). The fourth-order valence-corrected chi connectivity index (χ4v) is 0.794. The van der Waals surface area contributed by atoms with E-state index in [1.54, 1.807) is 6.08 Å². The van der Waals surface area contributed by atoms with Crippen LogP contribution in [0, 0.1) is 0 Å². The third-order valence-corrected chi connectivity index (χ3v) is 1.50. The summed E-state index contributed by atoms with van der Waals surface area (Å²) < 4.78 is 0. The highest BCUT2D eigenvalue weighted by Crippen LogP contribution is 1.85. The van der Waals surface area contributed by atoms with Crippen LogP contribution in [0.3, 0.4) is 0 Å². The molecule has 0 unspecified atom stereocenters. The number of hydrogen-bond acceptors (Lipinski definition) is 2. The van der Waals surface area contributed by atoms with Gasteiger partial charge in [0.1, 0.15) is 0 Å². The number of allylic oxidation sites excluding steroid dienone is 1. The van der Waals surface area contributed by atoms with E-state index in [0.29, 0.717) is 6.54 Å². The number of carbonyl (C=O) groups is 2. The Balaban J connectivity index is 3.28. The van der Waals surface area contributed by atoms with Gasteiger partial charge in [0.25, 0.3) is 0 Å². The summed E-state index contributed by atoms with van der Waals surface area (Å²) in [4.78, 5) is 21.0. The second kappa shape index (κ2) is 8.10. The Morgan fingerprint density at radius 2 is 1.93 bits per heavy atom. The molecule has 0 aliphatic rings. The third-order valence-electron chi connectivity index (χ3n) is 1.50. The van der Waals surface area contributed by atoms with Crippen LogP contribution in [-0.2, 0) is 4.79 Å². The van der Waals surface area contributed by atoms with Gasteiger partial charge in [-0.3, -0.25) is 4.79 Å². The van der Waals surface area contributed by atoms with E-state index in [4.69, 9.17) is 5.11 Å². The predicted molar refractivity (Wildman–Crippen MR) is 53.1 cm³/mol. The molecule has 0 spiro atoms. The summed E-state index contributed by atoms with van der Waals surface area (Å²) in [5.41, 5.74) is 0. The molecule has 2 amide bonds. The molecule has 3 N–H and O–H groups in total. The highest BCUT2D eigenvalue weighted by atomic mass is 16.4. The van der Waals surface area contributed by atoms with E-state index >= 15 is 0 Å². The lowest BCUT2D eigenvalue weighted by Crippen LogP contribution is -2.37. The van der Waals surface area contributed by atoms with Crippen LogP contribution < -0.4 is 10.6 Å². The first kappa shape index (κ1) is 12.5. The molecular formula is C9H16N2O3. The van der Waals surface area contributed by atoms with Crippen molar-refractivity contribution in [3.63, 3.8) is 0 Å². The molecule has 0 aromatic heterocycles. The van der Waals surface area contributed by atoms with Crippen LogP contribution in [-0.4, -0.2) is 30.2 Å². The number of nitrogens with one attached hydrogen (secondary N) is 2. The number of carbonyl (C=O) groups excluding carboxylic acids is 1. The van der Waals surface area contributed by atoms with Crippen LogP contribution in [0.15, 0.2) is 12.7 Å². The molecule has 0 atom stereocenters. The van der Waals surface area contributed by atoms with Crippen molar-refractivity contribution in [3.8, 4) is 0 Å². The summed E-state index contributed by atoms with van der Waals surface area (Å²) >= 11 is 0. The maximum Gasteiger partial charge on any atom is 0.314 e. The predicted octanol–water partition coefficient (Wildman–Crippen LogP) is 0.726. The lowest BCUT2D eigenvalue weighted by molar-refractivity contribution is -0.136. The van der Waals surface area contributed by atoms with Crippen LogP contribution in [0.2, 0.25) is 0 Å². The summed E-state index contributed by atoms with van der Waals surface area (Å²) in [5.74, 6) is -0.919. The molecule has 0 fully saturated rings. The monoisotopic (exact) mass is 200 g/mol. The second-order valence-corrected chi connectivity index (χ2v) is 2.76. The molecule has 14 heavy (non-hydrogen) atoms. The van der Waals surface area contributed by atoms with E-state index in [1.807, 2.05) is 0 Å². The zero-order valence-electron chi connectivity index (χ0n) is 8.08. The normalized spacial score (nSPS) is 9.14. The van der Waals surface area contributed by atoms with Gasteiger partial charge in [-0.15, -0.1) is 6.58 Å². The SMILES string of the molecule is C=CCCCNC(=O)NCCC(=O)O. The van der Waals surface area contributed by atoms with Crippen molar-refractivity contribution in [2.24, 2.45) is 0 Å². The number of unbranched alkanes of at least 4 members (excludes halogenated alkanes) is 1. The van der Waals surface area contributed by atoms with Gasteiger partial charge in [0, 0.05) is 13.1 Å². The van der Waals surface area contributed by atoms with Gasteiger partial charge < -0.3 is 15.7 Å². The molecule has 5 heteroatoms. The molecule has 0 bridgehead atoms. The van der Waals surface area contributed by atoms with Crippen LogP contribution in [0.25, 0.3) is 0 Å².